The first kappa shape index (κ1) is 18.6. The molecular formula is C24H20N2O3. The van der Waals surface area contributed by atoms with E-state index in [0.717, 1.165) is 0 Å². The molecule has 29 heavy (non-hydrogen) atoms. The standard InChI is InChI=1S/C24H20N2O3/c27-23-12-14-25-15-17(23)7-5-6-13-26-24(28)29-16-22-20-10-3-1-8-18(20)19-9-2-4-11-21(19)22/h1-4,8-12,14-15,22H,6,13,16H2,(H,25,27)(H,26,28). The summed E-state index contributed by atoms with van der Waals surface area (Å²) in [6.45, 7) is 0.638. The Hall–Kier alpha value is -3.78. The minimum Gasteiger partial charge on any atom is -0.449 e. The van der Waals surface area contributed by atoms with Gasteiger partial charge >= 0.3 is 6.09 Å². The lowest BCUT2D eigenvalue weighted by Gasteiger charge is -2.14. The molecule has 2 aromatic carbocycles. The monoisotopic (exact) mass is 384 g/mol. The molecule has 1 aliphatic carbocycles. The molecule has 3 aromatic rings. The third kappa shape index (κ3) is 4.07. The SMILES string of the molecule is O=C(NCCC#Cc1c[nH]ccc1=O)OCC1c2ccccc2-c2ccccc21. The van der Waals surface area contributed by atoms with Crippen molar-refractivity contribution >= 4 is 6.09 Å². The van der Waals surface area contributed by atoms with Crippen LogP contribution in [0.2, 0.25) is 0 Å². The number of ether oxygens (including phenoxy) is 1. The van der Waals surface area contributed by atoms with Gasteiger partial charge in [-0.2, -0.15) is 0 Å². The number of fused-ring (bicyclic) bond motifs is 3. The number of nitrogens with one attached hydrogen (secondary N) is 2. The highest BCUT2D eigenvalue weighted by molar-refractivity contribution is 5.79. The number of rotatable bonds is 4. The summed E-state index contributed by atoms with van der Waals surface area (Å²) in [4.78, 5) is 26.5. The van der Waals surface area contributed by atoms with Crippen molar-refractivity contribution in [2.75, 3.05) is 13.2 Å². The number of aromatic amines is 1. The van der Waals surface area contributed by atoms with Crippen molar-refractivity contribution in [1.82, 2.24) is 10.3 Å². The highest BCUT2D eigenvalue weighted by Gasteiger charge is 2.28. The van der Waals surface area contributed by atoms with Gasteiger partial charge in [0.2, 0.25) is 0 Å². The van der Waals surface area contributed by atoms with Crippen LogP contribution in [0.1, 0.15) is 29.0 Å². The Balaban J connectivity index is 1.31. The minimum atomic E-state index is -0.466. The largest absolute Gasteiger partial charge is 0.449 e. The molecule has 0 bridgehead atoms. The molecule has 5 nitrogen and oxygen atoms in total. The van der Waals surface area contributed by atoms with Crippen molar-refractivity contribution in [1.29, 1.82) is 0 Å². The van der Waals surface area contributed by atoms with Crippen LogP contribution in [0.4, 0.5) is 4.79 Å². The summed E-state index contributed by atoms with van der Waals surface area (Å²) in [5.74, 6) is 5.72. The van der Waals surface area contributed by atoms with Crippen LogP contribution in [0, 0.1) is 11.8 Å². The molecule has 5 heteroatoms. The molecule has 0 atom stereocenters. The first-order valence-corrected chi connectivity index (χ1v) is 9.49. The fraction of sp³-hybridized carbons (Fsp3) is 0.167. The summed E-state index contributed by atoms with van der Waals surface area (Å²) in [5, 5.41) is 2.71. The number of alkyl carbamates (subject to hydrolysis) is 1. The van der Waals surface area contributed by atoms with Crippen LogP contribution in [0.5, 0.6) is 0 Å². The molecule has 0 radical (unpaired) electrons. The zero-order valence-electron chi connectivity index (χ0n) is 15.8. The summed E-state index contributed by atoms with van der Waals surface area (Å²) in [6, 6.07) is 17.9. The first-order valence-electron chi connectivity index (χ1n) is 9.49. The molecule has 0 saturated carbocycles. The fourth-order valence-electron chi connectivity index (χ4n) is 3.55. The normalized spacial score (nSPS) is 11.7. The average Bonchev–Trinajstić information content (AvgIpc) is 3.07. The molecule has 1 aromatic heterocycles. The van der Waals surface area contributed by atoms with Gasteiger partial charge in [0, 0.05) is 37.3 Å². The van der Waals surface area contributed by atoms with Crippen LogP contribution in [0.25, 0.3) is 11.1 Å². The van der Waals surface area contributed by atoms with Gasteiger partial charge in [-0.15, -0.1) is 0 Å². The van der Waals surface area contributed by atoms with Crippen LogP contribution in [-0.4, -0.2) is 24.2 Å². The van der Waals surface area contributed by atoms with Crippen LogP contribution < -0.4 is 10.7 Å². The maximum atomic E-state index is 12.1. The fourth-order valence-corrected chi connectivity index (χ4v) is 3.55. The van der Waals surface area contributed by atoms with Gasteiger partial charge in [-0.25, -0.2) is 4.79 Å². The molecule has 0 unspecified atom stereocenters. The number of aromatic nitrogens is 1. The molecule has 0 saturated heterocycles. The quantitative estimate of drug-likeness (QED) is 0.533. The molecular weight excluding hydrogens is 364 g/mol. The second-order valence-corrected chi connectivity index (χ2v) is 6.73. The molecule has 0 aliphatic heterocycles. The Labute approximate surface area is 168 Å². The maximum Gasteiger partial charge on any atom is 0.407 e. The van der Waals surface area contributed by atoms with E-state index in [4.69, 9.17) is 4.74 Å². The topological polar surface area (TPSA) is 71.2 Å². The Morgan fingerprint density at radius 1 is 1.03 bits per heavy atom. The number of pyridine rings is 1. The van der Waals surface area contributed by atoms with Crippen molar-refractivity contribution in [3.63, 3.8) is 0 Å². The molecule has 144 valence electrons. The van der Waals surface area contributed by atoms with E-state index < -0.39 is 6.09 Å². The highest BCUT2D eigenvalue weighted by atomic mass is 16.5. The predicted octanol–water partition coefficient (Wildman–Crippen LogP) is 3.66. The van der Waals surface area contributed by atoms with Crippen LogP contribution in [-0.2, 0) is 4.74 Å². The molecule has 0 fully saturated rings. The van der Waals surface area contributed by atoms with Crippen molar-refractivity contribution in [3.05, 3.63) is 93.9 Å². The van der Waals surface area contributed by atoms with E-state index in [1.165, 1.54) is 28.3 Å². The van der Waals surface area contributed by atoms with Crippen molar-refractivity contribution in [2.45, 2.75) is 12.3 Å². The van der Waals surface area contributed by atoms with Gasteiger partial charge in [0.15, 0.2) is 5.43 Å². The lowest BCUT2D eigenvalue weighted by molar-refractivity contribution is 0.143. The highest BCUT2D eigenvalue weighted by Crippen LogP contribution is 2.44. The van der Waals surface area contributed by atoms with E-state index in [9.17, 15) is 9.59 Å². The number of hydrogen-bond acceptors (Lipinski definition) is 3. The van der Waals surface area contributed by atoms with E-state index in [1.807, 2.05) is 24.3 Å². The lowest BCUT2D eigenvalue weighted by atomic mass is 9.98. The maximum absolute atomic E-state index is 12.1. The molecule has 0 spiro atoms. The van der Waals surface area contributed by atoms with E-state index in [-0.39, 0.29) is 18.0 Å². The van der Waals surface area contributed by atoms with Gasteiger partial charge in [0.05, 0.1) is 5.56 Å². The number of benzene rings is 2. The molecule has 4 rings (SSSR count). The molecule has 1 aliphatic rings. The van der Waals surface area contributed by atoms with Crippen molar-refractivity contribution in [2.24, 2.45) is 0 Å². The average molecular weight is 384 g/mol. The van der Waals surface area contributed by atoms with Gasteiger partial charge in [0.1, 0.15) is 6.61 Å². The summed E-state index contributed by atoms with van der Waals surface area (Å²) in [7, 11) is 0. The van der Waals surface area contributed by atoms with E-state index in [0.29, 0.717) is 18.5 Å². The van der Waals surface area contributed by atoms with Crippen LogP contribution >= 0.6 is 0 Å². The molecule has 1 amide bonds. The lowest BCUT2D eigenvalue weighted by Crippen LogP contribution is -2.26. The molecule has 1 heterocycles. The zero-order valence-corrected chi connectivity index (χ0v) is 15.8. The van der Waals surface area contributed by atoms with Gasteiger partial charge in [-0.3, -0.25) is 4.79 Å². The zero-order chi connectivity index (χ0) is 20.1. The minimum absolute atomic E-state index is 0.0396. The van der Waals surface area contributed by atoms with Gasteiger partial charge in [-0.1, -0.05) is 60.4 Å². The third-order valence-electron chi connectivity index (χ3n) is 4.91. The summed E-state index contributed by atoms with van der Waals surface area (Å²) < 4.78 is 5.47. The number of carbonyl (C=O) groups is 1. The van der Waals surface area contributed by atoms with Crippen LogP contribution in [0.15, 0.2) is 71.8 Å². The second kappa shape index (κ2) is 8.49. The second-order valence-electron chi connectivity index (χ2n) is 6.73. The van der Waals surface area contributed by atoms with E-state index >= 15 is 0 Å². The Morgan fingerprint density at radius 3 is 2.41 bits per heavy atom. The first-order chi connectivity index (χ1) is 14.2. The van der Waals surface area contributed by atoms with Gasteiger partial charge < -0.3 is 15.0 Å². The summed E-state index contributed by atoms with van der Waals surface area (Å²) in [6.07, 6.45) is 3.09. The Kier molecular flexibility index (Phi) is 5.44. The van der Waals surface area contributed by atoms with Gasteiger partial charge in [-0.05, 0) is 22.3 Å². The Bertz CT molecular complexity index is 1110. The van der Waals surface area contributed by atoms with Crippen LogP contribution in [0.3, 0.4) is 0 Å². The summed E-state index contributed by atoms with van der Waals surface area (Å²) in [5.41, 5.74) is 5.04. The molecule has 2 N–H and O–H groups in total. The van der Waals surface area contributed by atoms with Crippen molar-refractivity contribution in [3.8, 4) is 23.0 Å². The smallest absolute Gasteiger partial charge is 0.407 e. The number of carbonyl (C=O) groups excluding carboxylic acids is 1. The number of hydrogen-bond donors (Lipinski definition) is 2. The van der Waals surface area contributed by atoms with Gasteiger partial charge in [0.25, 0.3) is 0 Å². The van der Waals surface area contributed by atoms with Crippen molar-refractivity contribution < 1.29 is 9.53 Å². The number of amides is 1. The summed E-state index contributed by atoms with van der Waals surface area (Å²) >= 11 is 0. The predicted molar refractivity (Wildman–Crippen MR) is 112 cm³/mol. The number of H-pyrrole nitrogens is 1. The van der Waals surface area contributed by atoms with E-state index in [2.05, 4.69) is 46.4 Å². The third-order valence-corrected chi connectivity index (χ3v) is 4.91. The Morgan fingerprint density at radius 2 is 1.72 bits per heavy atom. The van der Waals surface area contributed by atoms with E-state index in [1.54, 1.807) is 12.4 Å².